The van der Waals surface area contributed by atoms with Gasteiger partial charge in [0.25, 0.3) is 5.56 Å². The SMILES string of the molecule is Cc1noc(C)c1CC(=O)N1CCN(c2ccc3c(=O)n(CC4CC4)cnc3c2)CC1. The predicted molar refractivity (Wildman–Crippen MR) is 117 cm³/mol. The molecule has 8 heteroatoms. The zero-order valence-electron chi connectivity index (χ0n) is 18.0. The number of benzene rings is 1. The average Bonchev–Trinajstić information content (AvgIpc) is 3.56. The van der Waals surface area contributed by atoms with Crippen LogP contribution in [0, 0.1) is 19.8 Å². The minimum absolute atomic E-state index is 0.0400. The second-order valence-electron chi connectivity index (χ2n) is 8.69. The van der Waals surface area contributed by atoms with E-state index in [1.54, 1.807) is 10.9 Å². The number of nitrogens with zero attached hydrogens (tertiary/aromatic N) is 5. The number of anilines is 1. The first-order valence-corrected chi connectivity index (χ1v) is 10.9. The zero-order chi connectivity index (χ0) is 21.5. The predicted octanol–water partition coefficient (Wildman–Crippen LogP) is 2.30. The van der Waals surface area contributed by atoms with Crippen molar-refractivity contribution in [2.45, 2.75) is 39.7 Å². The Labute approximate surface area is 180 Å². The highest BCUT2D eigenvalue weighted by Gasteiger charge is 2.25. The van der Waals surface area contributed by atoms with E-state index in [0.29, 0.717) is 36.6 Å². The smallest absolute Gasteiger partial charge is 0.261 e. The molecule has 3 heterocycles. The monoisotopic (exact) mass is 421 g/mol. The summed E-state index contributed by atoms with van der Waals surface area (Å²) < 4.78 is 6.91. The Balaban J connectivity index is 1.25. The summed E-state index contributed by atoms with van der Waals surface area (Å²) in [6, 6.07) is 5.87. The molecule has 0 bridgehead atoms. The summed E-state index contributed by atoms with van der Waals surface area (Å²) in [6.45, 7) is 7.30. The normalized spacial score (nSPS) is 16.8. The molecule has 1 saturated heterocycles. The summed E-state index contributed by atoms with van der Waals surface area (Å²) in [7, 11) is 0. The van der Waals surface area contributed by atoms with Gasteiger partial charge in [-0.15, -0.1) is 0 Å². The van der Waals surface area contributed by atoms with Gasteiger partial charge in [0.15, 0.2) is 0 Å². The van der Waals surface area contributed by atoms with Crippen molar-refractivity contribution in [3.63, 3.8) is 0 Å². The van der Waals surface area contributed by atoms with Gasteiger partial charge in [-0.05, 0) is 50.8 Å². The van der Waals surface area contributed by atoms with E-state index < -0.39 is 0 Å². The summed E-state index contributed by atoms with van der Waals surface area (Å²) in [5.74, 6) is 1.45. The standard InChI is InChI=1S/C23H27N5O3/c1-15-20(16(2)31-25-15)12-22(29)27-9-7-26(8-10-27)18-5-6-19-21(11-18)24-14-28(23(19)30)13-17-3-4-17/h5-6,11,14,17H,3-4,7-10,12-13H2,1-2H3. The molecule has 1 aliphatic heterocycles. The summed E-state index contributed by atoms with van der Waals surface area (Å²) in [5.41, 5.74) is 3.48. The van der Waals surface area contributed by atoms with Crippen LogP contribution >= 0.6 is 0 Å². The van der Waals surface area contributed by atoms with Crippen molar-refractivity contribution in [2.24, 2.45) is 5.92 Å². The Bertz CT molecular complexity index is 1170. The molecule has 5 rings (SSSR count). The first-order chi connectivity index (χ1) is 15.0. The molecule has 162 valence electrons. The Morgan fingerprint density at radius 3 is 2.61 bits per heavy atom. The zero-order valence-corrected chi connectivity index (χ0v) is 18.0. The number of piperazine rings is 1. The first kappa shape index (κ1) is 19.8. The molecule has 0 atom stereocenters. The van der Waals surface area contributed by atoms with E-state index >= 15 is 0 Å². The van der Waals surface area contributed by atoms with Gasteiger partial charge in [-0.3, -0.25) is 14.2 Å². The summed E-state index contributed by atoms with van der Waals surface area (Å²) in [5, 5.41) is 4.60. The van der Waals surface area contributed by atoms with Crippen molar-refractivity contribution in [1.29, 1.82) is 0 Å². The number of aromatic nitrogens is 3. The van der Waals surface area contributed by atoms with Gasteiger partial charge in [0.1, 0.15) is 5.76 Å². The number of rotatable bonds is 5. The van der Waals surface area contributed by atoms with E-state index in [2.05, 4.69) is 15.0 Å². The van der Waals surface area contributed by atoms with Crippen LogP contribution in [0.25, 0.3) is 10.9 Å². The van der Waals surface area contributed by atoms with Gasteiger partial charge in [0.05, 0.1) is 29.3 Å². The lowest BCUT2D eigenvalue weighted by Crippen LogP contribution is -2.49. The average molecular weight is 422 g/mol. The number of amides is 1. The van der Waals surface area contributed by atoms with E-state index in [1.807, 2.05) is 36.9 Å². The van der Waals surface area contributed by atoms with Crippen molar-refractivity contribution in [3.8, 4) is 0 Å². The van der Waals surface area contributed by atoms with Crippen molar-refractivity contribution < 1.29 is 9.32 Å². The molecule has 0 radical (unpaired) electrons. The first-order valence-electron chi connectivity index (χ1n) is 10.9. The highest BCUT2D eigenvalue weighted by atomic mass is 16.5. The maximum Gasteiger partial charge on any atom is 0.261 e. The molecular weight excluding hydrogens is 394 g/mol. The molecule has 1 aliphatic carbocycles. The third-order valence-corrected chi connectivity index (χ3v) is 6.47. The number of fused-ring (bicyclic) bond motifs is 1. The molecule has 1 amide bonds. The van der Waals surface area contributed by atoms with Gasteiger partial charge in [-0.2, -0.15) is 0 Å². The molecule has 0 unspecified atom stereocenters. The van der Waals surface area contributed by atoms with Gasteiger partial charge in [-0.1, -0.05) is 5.16 Å². The van der Waals surface area contributed by atoms with Crippen molar-refractivity contribution in [1.82, 2.24) is 19.6 Å². The number of aryl methyl sites for hydroxylation is 2. The van der Waals surface area contributed by atoms with Crippen LogP contribution in [-0.4, -0.2) is 51.7 Å². The molecule has 0 spiro atoms. The van der Waals surface area contributed by atoms with Crippen molar-refractivity contribution in [3.05, 3.63) is 51.9 Å². The van der Waals surface area contributed by atoms with Crippen molar-refractivity contribution in [2.75, 3.05) is 31.1 Å². The largest absolute Gasteiger partial charge is 0.368 e. The van der Waals surface area contributed by atoms with Gasteiger partial charge < -0.3 is 14.3 Å². The highest BCUT2D eigenvalue weighted by Crippen LogP contribution is 2.30. The van der Waals surface area contributed by atoms with Crippen LogP contribution in [-0.2, 0) is 17.8 Å². The Morgan fingerprint density at radius 2 is 1.94 bits per heavy atom. The fourth-order valence-electron chi connectivity index (χ4n) is 4.28. The Kier molecular flexibility index (Phi) is 5.00. The van der Waals surface area contributed by atoms with Crippen LogP contribution in [0.5, 0.6) is 0 Å². The fourth-order valence-corrected chi connectivity index (χ4v) is 4.28. The molecule has 2 fully saturated rings. The van der Waals surface area contributed by atoms with E-state index in [4.69, 9.17) is 4.52 Å². The maximum atomic E-state index is 12.7. The van der Waals surface area contributed by atoms with Crippen LogP contribution in [0.1, 0.15) is 29.9 Å². The van der Waals surface area contributed by atoms with Crippen LogP contribution in [0.3, 0.4) is 0 Å². The third-order valence-electron chi connectivity index (χ3n) is 6.47. The molecule has 8 nitrogen and oxygen atoms in total. The summed E-state index contributed by atoms with van der Waals surface area (Å²) in [6.07, 6.45) is 4.42. The third kappa shape index (κ3) is 3.94. The minimum atomic E-state index is 0.0400. The number of carbonyl (C=O) groups excluding carboxylic acids is 1. The lowest BCUT2D eigenvalue weighted by Gasteiger charge is -2.36. The second-order valence-corrected chi connectivity index (χ2v) is 8.69. The fraction of sp³-hybridized carbons (Fsp3) is 0.478. The topological polar surface area (TPSA) is 84.5 Å². The molecule has 1 saturated carbocycles. The van der Waals surface area contributed by atoms with Gasteiger partial charge in [0, 0.05) is 44.0 Å². The summed E-state index contributed by atoms with van der Waals surface area (Å²) in [4.78, 5) is 34.1. The maximum absolute atomic E-state index is 12.7. The summed E-state index contributed by atoms with van der Waals surface area (Å²) >= 11 is 0. The van der Waals surface area contributed by atoms with Gasteiger partial charge in [-0.25, -0.2) is 4.98 Å². The second kappa shape index (κ2) is 7.83. The van der Waals surface area contributed by atoms with Crippen LogP contribution in [0.4, 0.5) is 5.69 Å². The lowest BCUT2D eigenvalue weighted by atomic mass is 10.1. The minimum Gasteiger partial charge on any atom is -0.368 e. The van der Waals surface area contributed by atoms with E-state index in [0.717, 1.165) is 42.1 Å². The molecule has 2 aromatic heterocycles. The molecule has 1 aromatic carbocycles. The number of hydrogen-bond acceptors (Lipinski definition) is 6. The molecule has 31 heavy (non-hydrogen) atoms. The van der Waals surface area contributed by atoms with Gasteiger partial charge >= 0.3 is 0 Å². The number of hydrogen-bond donors (Lipinski definition) is 0. The van der Waals surface area contributed by atoms with Gasteiger partial charge in [0.2, 0.25) is 5.91 Å². The van der Waals surface area contributed by atoms with E-state index in [9.17, 15) is 9.59 Å². The van der Waals surface area contributed by atoms with Crippen LogP contribution in [0.15, 0.2) is 33.8 Å². The highest BCUT2D eigenvalue weighted by molar-refractivity contribution is 5.82. The van der Waals surface area contributed by atoms with E-state index in [-0.39, 0.29) is 11.5 Å². The molecule has 3 aromatic rings. The Morgan fingerprint density at radius 1 is 1.16 bits per heavy atom. The van der Waals surface area contributed by atoms with Crippen LogP contribution < -0.4 is 10.5 Å². The van der Waals surface area contributed by atoms with Crippen LogP contribution in [0.2, 0.25) is 0 Å². The number of carbonyl (C=O) groups is 1. The molecule has 2 aliphatic rings. The quantitative estimate of drug-likeness (QED) is 0.629. The molecule has 0 N–H and O–H groups in total. The van der Waals surface area contributed by atoms with Crippen molar-refractivity contribution >= 4 is 22.5 Å². The Hall–Kier alpha value is -3.16. The van der Waals surface area contributed by atoms with E-state index in [1.165, 1.54) is 12.8 Å². The molecular formula is C23H27N5O3. The lowest BCUT2D eigenvalue weighted by molar-refractivity contribution is -0.130.